The number of aromatic amines is 1. The number of aromatic nitrogens is 2. The number of rotatable bonds is 7. The van der Waals surface area contributed by atoms with Crippen LogP contribution in [0.2, 0.25) is 0 Å². The molecule has 1 atom stereocenters. The summed E-state index contributed by atoms with van der Waals surface area (Å²) in [6.45, 7) is 5.30. The van der Waals surface area contributed by atoms with Gasteiger partial charge in [0.1, 0.15) is 17.3 Å². The van der Waals surface area contributed by atoms with E-state index in [0.29, 0.717) is 42.9 Å². The highest BCUT2D eigenvalue weighted by atomic mass is 16.5. The molecule has 4 rings (SSSR count). The summed E-state index contributed by atoms with van der Waals surface area (Å²) in [6, 6.07) is 11.0. The average molecular weight is 410 g/mol. The van der Waals surface area contributed by atoms with Crippen LogP contribution in [0, 0.1) is 6.92 Å². The van der Waals surface area contributed by atoms with Gasteiger partial charge in [-0.05, 0) is 31.2 Å². The van der Waals surface area contributed by atoms with Gasteiger partial charge in [0.05, 0.1) is 30.2 Å². The molecule has 1 aromatic carbocycles. The van der Waals surface area contributed by atoms with Crippen LogP contribution < -0.4 is 10.9 Å². The molecular formula is C22H26N4O4. The van der Waals surface area contributed by atoms with Gasteiger partial charge in [-0.25, -0.2) is 4.98 Å². The van der Waals surface area contributed by atoms with Gasteiger partial charge in [-0.2, -0.15) is 0 Å². The van der Waals surface area contributed by atoms with E-state index in [0.717, 1.165) is 24.6 Å². The van der Waals surface area contributed by atoms with E-state index in [1.165, 1.54) is 0 Å². The van der Waals surface area contributed by atoms with E-state index in [2.05, 4.69) is 20.2 Å². The van der Waals surface area contributed by atoms with E-state index in [4.69, 9.17) is 9.15 Å². The van der Waals surface area contributed by atoms with E-state index in [1.807, 2.05) is 25.1 Å². The van der Waals surface area contributed by atoms with Crippen molar-refractivity contribution in [2.75, 3.05) is 32.8 Å². The second-order valence-corrected chi connectivity index (χ2v) is 7.45. The Kier molecular flexibility index (Phi) is 6.25. The highest BCUT2D eigenvalue weighted by Gasteiger charge is 2.25. The lowest BCUT2D eigenvalue weighted by molar-refractivity contribution is -0.121. The number of hydrogen-bond acceptors (Lipinski definition) is 6. The number of morpholine rings is 1. The van der Waals surface area contributed by atoms with E-state index < -0.39 is 0 Å². The zero-order valence-electron chi connectivity index (χ0n) is 17.0. The topological polar surface area (TPSA) is 100 Å². The number of furan rings is 1. The van der Waals surface area contributed by atoms with Gasteiger partial charge in [0.15, 0.2) is 0 Å². The number of carbonyl (C=O) groups excluding carboxylic acids is 1. The Labute approximate surface area is 174 Å². The molecule has 8 nitrogen and oxygen atoms in total. The predicted molar refractivity (Wildman–Crippen MR) is 112 cm³/mol. The largest absolute Gasteiger partial charge is 0.465 e. The van der Waals surface area contributed by atoms with Crippen molar-refractivity contribution in [3.8, 4) is 0 Å². The summed E-state index contributed by atoms with van der Waals surface area (Å²) in [6.07, 6.45) is 0.613. The molecule has 158 valence electrons. The molecule has 0 radical (unpaired) electrons. The van der Waals surface area contributed by atoms with E-state index in [1.54, 1.807) is 18.2 Å². The third-order valence-electron chi connectivity index (χ3n) is 5.32. The summed E-state index contributed by atoms with van der Waals surface area (Å²) in [5, 5.41) is 3.56. The summed E-state index contributed by atoms with van der Waals surface area (Å²) < 4.78 is 11.3. The molecular weight excluding hydrogens is 384 g/mol. The van der Waals surface area contributed by atoms with Gasteiger partial charge in [0, 0.05) is 32.5 Å². The van der Waals surface area contributed by atoms with Crippen molar-refractivity contribution in [1.29, 1.82) is 0 Å². The number of hydrogen-bond donors (Lipinski definition) is 2. The fraction of sp³-hybridized carbons (Fsp3) is 0.409. The fourth-order valence-corrected chi connectivity index (χ4v) is 3.72. The van der Waals surface area contributed by atoms with E-state index in [9.17, 15) is 9.59 Å². The van der Waals surface area contributed by atoms with Gasteiger partial charge in [0.25, 0.3) is 5.56 Å². The maximum Gasteiger partial charge on any atom is 0.258 e. The maximum atomic E-state index is 12.5. The van der Waals surface area contributed by atoms with Crippen molar-refractivity contribution in [3.05, 3.63) is 64.1 Å². The number of H-pyrrole nitrogens is 1. The van der Waals surface area contributed by atoms with E-state index in [-0.39, 0.29) is 23.9 Å². The monoisotopic (exact) mass is 410 g/mol. The molecule has 1 unspecified atom stereocenters. The zero-order chi connectivity index (χ0) is 20.9. The number of nitrogens with zero attached hydrogens (tertiary/aromatic N) is 2. The molecule has 1 aliphatic rings. The lowest BCUT2D eigenvalue weighted by Gasteiger charge is -2.33. The number of benzene rings is 1. The van der Waals surface area contributed by atoms with Gasteiger partial charge in [-0.1, -0.05) is 12.1 Å². The second-order valence-electron chi connectivity index (χ2n) is 7.45. The predicted octanol–water partition coefficient (Wildman–Crippen LogP) is 1.95. The number of carbonyl (C=O) groups is 1. The Hall–Kier alpha value is -2.97. The minimum absolute atomic E-state index is 0.0369. The Morgan fingerprint density at radius 1 is 1.23 bits per heavy atom. The van der Waals surface area contributed by atoms with Crippen LogP contribution in [0.5, 0.6) is 0 Å². The molecule has 0 spiro atoms. The number of fused-ring (bicyclic) bond motifs is 1. The second kappa shape index (κ2) is 9.23. The van der Waals surface area contributed by atoms with Gasteiger partial charge in [-0.3, -0.25) is 14.5 Å². The molecule has 30 heavy (non-hydrogen) atoms. The molecule has 3 aromatic rings. The van der Waals surface area contributed by atoms with Crippen molar-refractivity contribution >= 4 is 16.8 Å². The Morgan fingerprint density at radius 3 is 2.80 bits per heavy atom. The summed E-state index contributed by atoms with van der Waals surface area (Å²) in [4.78, 5) is 34.1. The highest BCUT2D eigenvalue weighted by Crippen LogP contribution is 2.23. The number of nitrogens with one attached hydrogen (secondary N) is 2. The molecule has 0 bridgehead atoms. The fourth-order valence-electron chi connectivity index (χ4n) is 3.72. The van der Waals surface area contributed by atoms with Crippen LogP contribution in [0.1, 0.15) is 29.8 Å². The first-order valence-electron chi connectivity index (χ1n) is 10.2. The van der Waals surface area contributed by atoms with Gasteiger partial charge in [0.2, 0.25) is 5.91 Å². The molecule has 2 N–H and O–H groups in total. The first-order valence-corrected chi connectivity index (χ1v) is 10.2. The Bertz CT molecular complexity index is 1070. The molecule has 1 amide bonds. The molecule has 8 heteroatoms. The van der Waals surface area contributed by atoms with Crippen LogP contribution in [0.25, 0.3) is 10.9 Å². The first-order chi connectivity index (χ1) is 14.6. The number of ether oxygens (including phenoxy) is 1. The van der Waals surface area contributed by atoms with Crippen LogP contribution in [0.3, 0.4) is 0 Å². The van der Waals surface area contributed by atoms with E-state index >= 15 is 0 Å². The number of para-hydroxylation sites is 1. The Morgan fingerprint density at radius 2 is 2.03 bits per heavy atom. The third-order valence-corrected chi connectivity index (χ3v) is 5.32. The van der Waals surface area contributed by atoms with Crippen molar-refractivity contribution in [3.63, 3.8) is 0 Å². The highest BCUT2D eigenvalue weighted by molar-refractivity contribution is 5.78. The van der Waals surface area contributed by atoms with Crippen LogP contribution in [-0.2, 0) is 16.0 Å². The van der Waals surface area contributed by atoms with Gasteiger partial charge < -0.3 is 19.5 Å². The number of amides is 1. The summed E-state index contributed by atoms with van der Waals surface area (Å²) in [5.41, 5.74) is 0.453. The van der Waals surface area contributed by atoms with Gasteiger partial charge in [-0.15, -0.1) is 0 Å². The SMILES string of the molecule is Cc1ccc(C(CNC(=O)CCc2nc3ccccc3c(=O)[nH]2)N2CCOCC2)o1. The zero-order valence-corrected chi connectivity index (χ0v) is 17.0. The molecule has 1 aliphatic heterocycles. The van der Waals surface area contributed by atoms with Crippen LogP contribution in [0.4, 0.5) is 0 Å². The van der Waals surface area contributed by atoms with Crippen molar-refractivity contribution in [2.24, 2.45) is 0 Å². The van der Waals surface area contributed by atoms with Crippen molar-refractivity contribution < 1.29 is 13.9 Å². The summed E-state index contributed by atoms with van der Waals surface area (Å²) in [5.74, 6) is 2.11. The quantitative estimate of drug-likeness (QED) is 0.618. The number of aryl methyl sites for hydroxylation is 2. The summed E-state index contributed by atoms with van der Waals surface area (Å²) in [7, 11) is 0. The van der Waals surface area contributed by atoms with Crippen molar-refractivity contribution in [1.82, 2.24) is 20.2 Å². The van der Waals surface area contributed by atoms with Crippen LogP contribution >= 0.6 is 0 Å². The molecule has 1 fully saturated rings. The third kappa shape index (κ3) is 4.77. The molecule has 2 aromatic heterocycles. The first kappa shape index (κ1) is 20.3. The van der Waals surface area contributed by atoms with Crippen LogP contribution in [0.15, 0.2) is 45.6 Å². The van der Waals surface area contributed by atoms with Gasteiger partial charge >= 0.3 is 0 Å². The molecule has 0 saturated carbocycles. The standard InChI is InChI=1S/C22H26N4O4/c1-15-6-7-19(30-15)18(26-10-12-29-13-11-26)14-23-21(27)9-8-20-24-17-5-3-2-4-16(17)22(28)25-20/h2-7,18H,8-14H2,1H3,(H,23,27)(H,24,25,28). The molecule has 3 heterocycles. The molecule has 1 saturated heterocycles. The summed E-state index contributed by atoms with van der Waals surface area (Å²) >= 11 is 0. The smallest absolute Gasteiger partial charge is 0.258 e. The minimum atomic E-state index is -0.184. The van der Waals surface area contributed by atoms with Crippen LogP contribution in [-0.4, -0.2) is 53.6 Å². The Balaban J connectivity index is 1.37. The maximum absolute atomic E-state index is 12.5. The lowest BCUT2D eigenvalue weighted by Crippen LogP contribution is -2.43. The minimum Gasteiger partial charge on any atom is -0.465 e. The van der Waals surface area contributed by atoms with Crippen molar-refractivity contribution in [2.45, 2.75) is 25.8 Å². The average Bonchev–Trinajstić information content (AvgIpc) is 3.19. The normalized spacial score (nSPS) is 15.9. The molecule has 0 aliphatic carbocycles. The lowest BCUT2D eigenvalue weighted by atomic mass is 10.1.